The van der Waals surface area contributed by atoms with Crippen LogP contribution in [0.15, 0.2) is 18.3 Å². The minimum atomic E-state index is -0.843. The minimum absolute atomic E-state index is 0.0343. The normalized spacial score (nSPS) is 26.1. The number of carbonyl (C=O) groups excluding carboxylic acids is 2. The molecule has 6 heteroatoms. The van der Waals surface area contributed by atoms with Crippen molar-refractivity contribution in [2.45, 2.75) is 52.2 Å². The Hall–Kier alpha value is -1.98. The zero-order chi connectivity index (χ0) is 15.6. The van der Waals surface area contributed by atoms with Gasteiger partial charge in [0.1, 0.15) is 11.6 Å². The van der Waals surface area contributed by atoms with Crippen LogP contribution < -0.4 is 5.32 Å². The monoisotopic (exact) mass is 290 g/mol. The van der Waals surface area contributed by atoms with Crippen molar-refractivity contribution >= 4 is 11.8 Å². The van der Waals surface area contributed by atoms with Crippen LogP contribution >= 0.6 is 0 Å². The van der Waals surface area contributed by atoms with Gasteiger partial charge < -0.3 is 10.2 Å². The summed E-state index contributed by atoms with van der Waals surface area (Å²) in [5, 5.41) is 10.7. The summed E-state index contributed by atoms with van der Waals surface area (Å²) in [5.41, 5.74) is -0.158. The second kappa shape index (κ2) is 5.79. The van der Waals surface area contributed by atoms with E-state index in [0.717, 1.165) is 0 Å². The lowest BCUT2D eigenvalue weighted by Crippen LogP contribution is -2.69. The molecule has 1 saturated heterocycles. The maximum atomic E-state index is 12.8. The lowest BCUT2D eigenvalue weighted by Gasteiger charge is -2.45. The molecule has 1 N–H and O–H groups in total. The standard InChI is InChI=1S/C15H22N4O2/c1-5-15(4)14(21)19(9-11-7-6-8-16-18-11)12(10(2)3)13(20)17-15/h6-8,10,12H,5,9H2,1-4H3,(H,17,20). The Kier molecular flexibility index (Phi) is 4.25. The van der Waals surface area contributed by atoms with Crippen LogP contribution in [0.4, 0.5) is 0 Å². The molecule has 1 aromatic rings. The Morgan fingerprint density at radius 3 is 2.67 bits per heavy atom. The van der Waals surface area contributed by atoms with E-state index >= 15 is 0 Å². The summed E-state index contributed by atoms with van der Waals surface area (Å²) in [6, 6.07) is 3.12. The molecular formula is C15H22N4O2. The molecule has 2 amide bonds. The Balaban J connectivity index is 2.35. The van der Waals surface area contributed by atoms with Crippen LogP contribution in [0, 0.1) is 5.92 Å². The smallest absolute Gasteiger partial charge is 0.249 e. The van der Waals surface area contributed by atoms with Crippen LogP contribution in [0.25, 0.3) is 0 Å². The summed E-state index contributed by atoms with van der Waals surface area (Å²) in [6.07, 6.45) is 2.14. The molecule has 1 aliphatic heterocycles. The van der Waals surface area contributed by atoms with Gasteiger partial charge in [0.15, 0.2) is 0 Å². The SMILES string of the molecule is CCC1(C)NC(=O)C(C(C)C)N(Cc2cccnn2)C1=O. The molecule has 2 unspecified atom stereocenters. The highest BCUT2D eigenvalue weighted by Gasteiger charge is 2.47. The Bertz CT molecular complexity index is 532. The van der Waals surface area contributed by atoms with Crippen LogP contribution in [0.2, 0.25) is 0 Å². The first-order chi connectivity index (χ1) is 9.89. The summed E-state index contributed by atoms with van der Waals surface area (Å²) in [6.45, 7) is 7.85. The third-order valence-electron chi connectivity index (χ3n) is 4.03. The maximum Gasteiger partial charge on any atom is 0.249 e. The fourth-order valence-corrected chi connectivity index (χ4v) is 2.65. The molecule has 0 spiro atoms. The highest BCUT2D eigenvalue weighted by Crippen LogP contribution is 2.26. The quantitative estimate of drug-likeness (QED) is 0.902. The number of piperazine rings is 1. The molecule has 1 aromatic heterocycles. The van der Waals surface area contributed by atoms with Crippen LogP contribution in [0.1, 0.15) is 39.8 Å². The summed E-state index contributed by atoms with van der Waals surface area (Å²) in [5.74, 6) is -0.126. The lowest BCUT2D eigenvalue weighted by atomic mass is 9.88. The van der Waals surface area contributed by atoms with E-state index in [1.54, 1.807) is 24.1 Å². The van der Waals surface area contributed by atoms with Crippen molar-refractivity contribution in [1.82, 2.24) is 20.4 Å². The number of hydrogen-bond donors (Lipinski definition) is 1. The van der Waals surface area contributed by atoms with E-state index in [4.69, 9.17) is 0 Å². The van der Waals surface area contributed by atoms with Crippen molar-refractivity contribution in [2.75, 3.05) is 0 Å². The van der Waals surface area contributed by atoms with E-state index in [1.165, 1.54) is 0 Å². The van der Waals surface area contributed by atoms with Crippen molar-refractivity contribution in [3.05, 3.63) is 24.0 Å². The fourth-order valence-electron chi connectivity index (χ4n) is 2.65. The molecule has 2 heterocycles. The average Bonchev–Trinajstić information content (AvgIpc) is 2.45. The van der Waals surface area contributed by atoms with E-state index in [0.29, 0.717) is 18.7 Å². The summed E-state index contributed by atoms with van der Waals surface area (Å²) in [7, 11) is 0. The number of aromatic nitrogens is 2. The molecular weight excluding hydrogens is 268 g/mol. The summed E-state index contributed by atoms with van der Waals surface area (Å²) < 4.78 is 0. The largest absolute Gasteiger partial charge is 0.340 e. The van der Waals surface area contributed by atoms with Crippen molar-refractivity contribution in [3.8, 4) is 0 Å². The number of amides is 2. The van der Waals surface area contributed by atoms with E-state index in [-0.39, 0.29) is 17.7 Å². The molecule has 0 saturated carbocycles. The molecule has 114 valence electrons. The second-order valence-electron chi connectivity index (χ2n) is 6.01. The van der Waals surface area contributed by atoms with Gasteiger partial charge in [0, 0.05) is 6.20 Å². The summed E-state index contributed by atoms with van der Waals surface area (Å²) >= 11 is 0. The van der Waals surface area contributed by atoms with Gasteiger partial charge in [0.25, 0.3) is 0 Å². The average molecular weight is 290 g/mol. The van der Waals surface area contributed by atoms with Gasteiger partial charge in [0.05, 0.1) is 12.2 Å². The molecule has 0 bridgehead atoms. The topological polar surface area (TPSA) is 75.2 Å². The van der Waals surface area contributed by atoms with Crippen LogP contribution in [-0.4, -0.2) is 38.5 Å². The Morgan fingerprint density at radius 1 is 1.43 bits per heavy atom. The molecule has 21 heavy (non-hydrogen) atoms. The molecule has 1 aliphatic rings. The molecule has 0 aromatic carbocycles. The maximum absolute atomic E-state index is 12.8. The van der Waals surface area contributed by atoms with Gasteiger partial charge in [0.2, 0.25) is 11.8 Å². The molecule has 1 fully saturated rings. The van der Waals surface area contributed by atoms with Crippen LogP contribution in [-0.2, 0) is 16.1 Å². The molecule has 2 atom stereocenters. The van der Waals surface area contributed by atoms with E-state index in [2.05, 4.69) is 15.5 Å². The predicted octanol–water partition coefficient (Wildman–Crippen LogP) is 1.13. The van der Waals surface area contributed by atoms with Gasteiger partial charge >= 0.3 is 0 Å². The molecule has 0 aliphatic carbocycles. The van der Waals surface area contributed by atoms with Gasteiger partial charge in [-0.2, -0.15) is 10.2 Å². The van der Waals surface area contributed by atoms with Crippen molar-refractivity contribution in [1.29, 1.82) is 0 Å². The van der Waals surface area contributed by atoms with Gasteiger partial charge in [-0.3, -0.25) is 9.59 Å². The van der Waals surface area contributed by atoms with Crippen molar-refractivity contribution < 1.29 is 9.59 Å². The van der Waals surface area contributed by atoms with Gasteiger partial charge in [-0.1, -0.05) is 20.8 Å². The summed E-state index contributed by atoms with van der Waals surface area (Å²) in [4.78, 5) is 26.9. The van der Waals surface area contributed by atoms with Crippen LogP contribution in [0.5, 0.6) is 0 Å². The number of nitrogens with one attached hydrogen (secondary N) is 1. The molecule has 6 nitrogen and oxygen atoms in total. The lowest BCUT2D eigenvalue weighted by molar-refractivity contribution is -0.157. The fraction of sp³-hybridized carbons (Fsp3) is 0.600. The van der Waals surface area contributed by atoms with Crippen molar-refractivity contribution in [2.24, 2.45) is 5.92 Å². The third-order valence-corrected chi connectivity index (χ3v) is 4.03. The first kappa shape index (κ1) is 15.4. The number of hydrogen-bond acceptors (Lipinski definition) is 4. The zero-order valence-electron chi connectivity index (χ0n) is 13.0. The highest BCUT2D eigenvalue weighted by atomic mass is 16.2. The highest BCUT2D eigenvalue weighted by molar-refractivity contribution is 5.99. The van der Waals surface area contributed by atoms with E-state index < -0.39 is 11.6 Å². The molecule has 2 rings (SSSR count). The first-order valence-corrected chi connectivity index (χ1v) is 7.28. The number of carbonyl (C=O) groups is 2. The van der Waals surface area contributed by atoms with Gasteiger partial charge in [-0.05, 0) is 31.4 Å². The first-order valence-electron chi connectivity index (χ1n) is 7.28. The number of nitrogens with zero attached hydrogens (tertiary/aromatic N) is 3. The second-order valence-corrected chi connectivity index (χ2v) is 6.01. The van der Waals surface area contributed by atoms with Crippen molar-refractivity contribution in [3.63, 3.8) is 0 Å². The van der Waals surface area contributed by atoms with E-state index in [1.807, 2.05) is 26.8 Å². The predicted molar refractivity (Wildman–Crippen MR) is 78.0 cm³/mol. The zero-order valence-corrected chi connectivity index (χ0v) is 13.0. The van der Waals surface area contributed by atoms with Gasteiger partial charge in [-0.25, -0.2) is 0 Å². The Labute approximate surface area is 124 Å². The van der Waals surface area contributed by atoms with E-state index in [9.17, 15) is 9.59 Å². The minimum Gasteiger partial charge on any atom is -0.340 e. The van der Waals surface area contributed by atoms with Crippen LogP contribution in [0.3, 0.4) is 0 Å². The Morgan fingerprint density at radius 2 is 2.14 bits per heavy atom. The third kappa shape index (κ3) is 2.89. The van der Waals surface area contributed by atoms with Gasteiger partial charge in [-0.15, -0.1) is 0 Å². The molecule has 0 radical (unpaired) electrons. The number of rotatable bonds is 4.